The van der Waals surface area contributed by atoms with Gasteiger partial charge in [-0.05, 0) is 83.9 Å². The molecular weight excluding hydrogens is 483 g/mol. The fourth-order valence-corrected chi connectivity index (χ4v) is 5.67. The first-order valence-corrected chi connectivity index (χ1v) is 12.6. The lowest BCUT2D eigenvalue weighted by atomic mass is 9.55. The normalized spacial score (nSPS) is 20.6. The number of carbonyl (C=O) groups excluding carboxylic acids is 2. The van der Waals surface area contributed by atoms with Gasteiger partial charge in [0.25, 0.3) is 0 Å². The number of fused-ring (bicyclic) bond motifs is 2. The van der Waals surface area contributed by atoms with E-state index < -0.39 is 12.1 Å². The number of anilines is 2. The van der Waals surface area contributed by atoms with E-state index in [1.807, 2.05) is 11.4 Å². The van der Waals surface area contributed by atoms with Crippen LogP contribution in [0.5, 0.6) is 5.75 Å². The molecule has 2 N–H and O–H groups in total. The quantitative estimate of drug-likeness (QED) is 0.521. The van der Waals surface area contributed by atoms with E-state index in [9.17, 15) is 27.9 Å². The van der Waals surface area contributed by atoms with E-state index >= 15 is 0 Å². The molecule has 2 aromatic rings. The molecule has 1 atom stereocenters. The third-order valence-corrected chi connectivity index (χ3v) is 8.46. The van der Waals surface area contributed by atoms with Crippen molar-refractivity contribution in [1.29, 1.82) is 0 Å². The van der Waals surface area contributed by atoms with Gasteiger partial charge in [-0.2, -0.15) is 13.2 Å². The van der Waals surface area contributed by atoms with Crippen LogP contribution in [0.4, 0.5) is 29.3 Å². The van der Waals surface area contributed by atoms with Crippen LogP contribution in [0.3, 0.4) is 0 Å². The second kappa shape index (κ2) is 9.58. The Morgan fingerprint density at radius 1 is 1.14 bits per heavy atom. The number of phenols is 1. The van der Waals surface area contributed by atoms with Gasteiger partial charge in [0, 0.05) is 31.5 Å². The summed E-state index contributed by atoms with van der Waals surface area (Å²) in [4.78, 5) is 28.1. The summed E-state index contributed by atoms with van der Waals surface area (Å²) in [5.74, 6) is -1.70. The summed E-state index contributed by atoms with van der Waals surface area (Å²) in [5, 5.41) is 12.3. The molecule has 1 heterocycles. The Balaban J connectivity index is 1.50. The van der Waals surface area contributed by atoms with Crippen LogP contribution in [0.25, 0.3) is 0 Å². The molecule has 0 bridgehead atoms. The maximum absolute atomic E-state index is 13.5. The first kappa shape index (κ1) is 26.8. The SMILES string of the molecule is CN(CC[C@@]1(C)c2cccc(O)c2CCC1(C)C)C(=O)N1CCCc2cc(NC(=O)C(F)(F)F)ccc21. The van der Waals surface area contributed by atoms with Gasteiger partial charge in [0.15, 0.2) is 0 Å². The van der Waals surface area contributed by atoms with Gasteiger partial charge in [-0.15, -0.1) is 0 Å². The monoisotopic (exact) mass is 517 g/mol. The van der Waals surface area contributed by atoms with E-state index in [0.717, 1.165) is 29.5 Å². The number of urea groups is 1. The summed E-state index contributed by atoms with van der Waals surface area (Å²) in [6, 6.07) is 9.99. The molecule has 0 radical (unpaired) electrons. The van der Waals surface area contributed by atoms with Crippen molar-refractivity contribution in [2.75, 3.05) is 30.4 Å². The molecule has 2 aromatic carbocycles. The van der Waals surface area contributed by atoms with Gasteiger partial charge in [0.1, 0.15) is 5.75 Å². The van der Waals surface area contributed by atoms with Crippen LogP contribution < -0.4 is 10.2 Å². The van der Waals surface area contributed by atoms with Crippen LogP contribution in [0.2, 0.25) is 0 Å². The summed E-state index contributed by atoms with van der Waals surface area (Å²) in [5.41, 5.74) is 3.24. The van der Waals surface area contributed by atoms with Gasteiger partial charge in [-0.25, -0.2) is 4.79 Å². The number of benzene rings is 2. The molecule has 9 heteroatoms. The van der Waals surface area contributed by atoms with Gasteiger partial charge >= 0.3 is 18.1 Å². The molecule has 200 valence electrons. The molecule has 0 aromatic heterocycles. The second-order valence-electron chi connectivity index (χ2n) is 11.0. The zero-order valence-corrected chi connectivity index (χ0v) is 21.7. The summed E-state index contributed by atoms with van der Waals surface area (Å²) in [7, 11) is 1.76. The number of nitrogens with one attached hydrogen (secondary N) is 1. The summed E-state index contributed by atoms with van der Waals surface area (Å²) < 4.78 is 37.9. The highest BCUT2D eigenvalue weighted by Gasteiger charge is 2.46. The van der Waals surface area contributed by atoms with Crippen molar-refractivity contribution >= 4 is 23.3 Å². The molecule has 6 nitrogen and oxygen atoms in total. The largest absolute Gasteiger partial charge is 0.508 e. The van der Waals surface area contributed by atoms with E-state index in [2.05, 4.69) is 26.8 Å². The number of aryl methyl sites for hydroxylation is 1. The molecule has 0 saturated carbocycles. The summed E-state index contributed by atoms with van der Waals surface area (Å²) in [6.45, 7) is 7.68. The number of nitrogens with zero attached hydrogens (tertiary/aromatic N) is 2. The van der Waals surface area contributed by atoms with Gasteiger partial charge in [0.05, 0.1) is 0 Å². The lowest BCUT2D eigenvalue weighted by molar-refractivity contribution is -0.167. The summed E-state index contributed by atoms with van der Waals surface area (Å²) in [6.07, 6.45) is -1.25. The zero-order chi connectivity index (χ0) is 27.2. The Morgan fingerprint density at radius 3 is 2.57 bits per heavy atom. The van der Waals surface area contributed by atoms with Crippen LogP contribution in [0, 0.1) is 5.41 Å². The van der Waals surface area contributed by atoms with Gasteiger partial charge < -0.3 is 15.3 Å². The van der Waals surface area contributed by atoms with Crippen molar-refractivity contribution in [2.24, 2.45) is 5.41 Å². The highest BCUT2D eigenvalue weighted by atomic mass is 19.4. The van der Waals surface area contributed by atoms with E-state index in [1.165, 1.54) is 12.1 Å². The highest BCUT2D eigenvalue weighted by molar-refractivity contribution is 5.96. The van der Waals surface area contributed by atoms with Crippen molar-refractivity contribution in [3.8, 4) is 5.75 Å². The Morgan fingerprint density at radius 2 is 1.86 bits per heavy atom. The van der Waals surface area contributed by atoms with Crippen molar-refractivity contribution < 1.29 is 27.9 Å². The number of hydrogen-bond acceptors (Lipinski definition) is 3. The van der Waals surface area contributed by atoms with Crippen LogP contribution in [0.15, 0.2) is 36.4 Å². The summed E-state index contributed by atoms with van der Waals surface area (Å²) >= 11 is 0. The molecule has 2 aliphatic rings. The lowest BCUT2D eigenvalue weighted by Gasteiger charge is -2.50. The van der Waals surface area contributed by atoms with Crippen molar-refractivity contribution in [1.82, 2.24) is 4.90 Å². The number of rotatable bonds is 4. The lowest BCUT2D eigenvalue weighted by Crippen LogP contribution is -2.48. The smallest absolute Gasteiger partial charge is 0.471 e. The minimum Gasteiger partial charge on any atom is -0.508 e. The van der Waals surface area contributed by atoms with Gasteiger partial charge in [-0.1, -0.05) is 32.9 Å². The number of phenolic OH excluding ortho intramolecular Hbond substituents is 1. The number of amides is 3. The Bertz CT molecular complexity index is 1210. The minimum atomic E-state index is -4.97. The van der Waals surface area contributed by atoms with E-state index in [0.29, 0.717) is 43.8 Å². The Kier molecular flexibility index (Phi) is 6.94. The zero-order valence-electron chi connectivity index (χ0n) is 21.7. The van der Waals surface area contributed by atoms with E-state index in [1.54, 1.807) is 29.0 Å². The Hall–Kier alpha value is -3.23. The van der Waals surface area contributed by atoms with Crippen LogP contribution >= 0.6 is 0 Å². The molecular formula is C28H34F3N3O3. The molecule has 37 heavy (non-hydrogen) atoms. The third-order valence-electron chi connectivity index (χ3n) is 8.46. The number of hydrogen-bond donors (Lipinski definition) is 2. The number of aromatic hydroxyl groups is 1. The molecule has 0 unspecified atom stereocenters. The third kappa shape index (κ3) is 5.00. The first-order valence-electron chi connectivity index (χ1n) is 12.6. The van der Waals surface area contributed by atoms with E-state index in [4.69, 9.17) is 0 Å². The number of halogens is 3. The molecule has 3 amide bonds. The fourth-order valence-electron chi connectivity index (χ4n) is 5.67. The van der Waals surface area contributed by atoms with Crippen LogP contribution in [0.1, 0.15) is 56.7 Å². The minimum absolute atomic E-state index is 0.0351. The molecule has 1 aliphatic carbocycles. The molecule has 4 rings (SSSR count). The molecule has 0 spiro atoms. The predicted molar refractivity (Wildman–Crippen MR) is 137 cm³/mol. The first-order chi connectivity index (χ1) is 17.2. The maximum atomic E-state index is 13.5. The molecule has 0 saturated heterocycles. The second-order valence-corrected chi connectivity index (χ2v) is 11.0. The maximum Gasteiger partial charge on any atom is 0.471 e. The topological polar surface area (TPSA) is 72.9 Å². The average Bonchev–Trinajstić information content (AvgIpc) is 2.83. The average molecular weight is 518 g/mol. The van der Waals surface area contributed by atoms with Crippen LogP contribution in [-0.4, -0.2) is 48.3 Å². The van der Waals surface area contributed by atoms with Crippen molar-refractivity contribution in [2.45, 2.75) is 64.5 Å². The van der Waals surface area contributed by atoms with Gasteiger partial charge in [0.2, 0.25) is 0 Å². The van der Waals surface area contributed by atoms with Crippen molar-refractivity contribution in [3.05, 3.63) is 53.1 Å². The number of carbonyl (C=O) groups is 2. The predicted octanol–water partition coefficient (Wildman–Crippen LogP) is 6.02. The van der Waals surface area contributed by atoms with E-state index in [-0.39, 0.29) is 22.5 Å². The molecule has 1 aliphatic heterocycles. The van der Waals surface area contributed by atoms with Gasteiger partial charge in [-0.3, -0.25) is 9.69 Å². The fraction of sp³-hybridized carbons (Fsp3) is 0.500. The van der Waals surface area contributed by atoms with Crippen molar-refractivity contribution in [3.63, 3.8) is 0 Å². The molecule has 0 fully saturated rings. The highest BCUT2D eigenvalue weighted by Crippen LogP contribution is 2.53. The van der Waals surface area contributed by atoms with Crippen LogP contribution in [-0.2, 0) is 23.1 Å². The number of alkyl halides is 3. The standard InChI is InChI=1S/C28H34F3N3O3/c1-26(2)13-12-20-21(8-5-9-23(20)35)27(26,3)14-16-33(4)25(37)34-15-6-7-18-17-19(10-11-22(18)34)32-24(36)28(29,30)31/h5,8-11,17,35H,6-7,12-16H2,1-4H3,(H,32,36)/t27-/m0/s1. The Labute approximate surface area is 215 Å².